The molecule has 58 heavy (non-hydrogen) atoms. The highest BCUT2D eigenvalue weighted by Gasteiger charge is 2.28. The highest BCUT2D eigenvalue weighted by Crippen LogP contribution is 2.17. The van der Waals surface area contributed by atoms with Crippen molar-refractivity contribution in [3.63, 3.8) is 0 Å². The molecule has 0 spiro atoms. The van der Waals surface area contributed by atoms with Crippen LogP contribution in [-0.2, 0) is 4.79 Å². The molecule has 6 nitrogen and oxygen atoms in total. The first-order valence-corrected chi connectivity index (χ1v) is 25.7. The first kappa shape index (κ1) is 56.8. The fourth-order valence-electron chi connectivity index (χ4n) is 8.05. The predicted octanol–water partition coefficient (Wildman–Crippen LogP) is 14.3. The topological polar surface area (TPSA) is 110 Å². The third-order valence-electron chi connectivity index (χ3n) is 12.1. The Hall–Kier alpha value is -1.21. The maximum atomic E-state index is 12.5. The van der Waals surface area contributed by atoms with Gasteiger partial charge in [0.25, 0.3) is 0 Å². The molecular weight excluding hydrogens is 719 g/mol. The van der Waals surface area contributed by atoms with E-state index < -0.39 is 36.9 Å². The molecule has 0 radical (unpaired) electrons. The van der Waals surface area contributed by atoms with Crippen molar-refractivity contribution in [1.29, 1.82) is 0 Å². The van der Waals surface area contributed by atoms with Crippen LogP contribution in [0, 0.1) is 0 Å². The molecule has 0 rings (SSSR count). The number of unbranched alkanes of at least 4 members (excludes halogenated alkanes) is 34. The lowest BCUT2D eigenvalue weighted by molar-refractivity contribution is -0.132. The Morgan fingerprint density at radius 3 is 1.07 bits per heavy atom. The van der Waals surface area contributed by atoms with Crippen molar-refractivity contribution < 1.29 is 25.2 Å². The molecule has 0 aliphatic rings. The molecule has 344 valence electrons. The van der Waals surface area contributed by atoms with E-state index in [4.69, 9.17) is 0 Å². The SMILES string of the molecule is CCCCC/C=C/CCCC(O)C(O)C(CO)NC(=O)C(O)CCCCCCCCCCCCCCCCCC/C=C\CCCCCCCCCCCCCCCC. The zero-order valence-electron chi connectivity index (χ0n) is 38.8. The number of carbonyl (C=O) groups is 1. The van der Waals surface area contributed by atoms with E-state index in [1.165, 1.54) is 205 Å². The molecule has 0 fully saturated rings. The van der Waals surface area contributed by atoms with Gasteiger partial charge < -0.3 is 25.7 Å². The van der Waals surface area contributed by atoms with E-state index >= 15 is 0 Å². The molecule has 0 saturated carbocycles. The second kappa shape index (κ2) is 46.8. The van der Waals surface area contributed by atoms with Crippen molar-refractivity contribution in [2.24, 2.45) is 0 Å². The Morgan fingerprint density at radius 1 is 0.414 bits per heavy atom. The van der Waals surface area contributed by atoms with Gasteiger partial charge in [-0.2, -0.15) is 0 Å². The van der Waals surface area contributed by atoms with E-state index in [0.29, 0.717) is 12.8 Å². The number of nitrogens with one attached hydrogen (secondary N) is 1. The summed E-state index contributed by atoms with van der Waals surface area (Å²) >= 11 is 0. The molecule has 0 aliphatic heterocycles. The summed E-state index contributed by atoms with van der Waals surface area (Å²) in [4.78, 5) is 12.5. The van der Waals surface area contributed by atoms with Crippen molar-refractivity contribution in [2.45, 2.75) is 295 Å². The van der Waals surface area contributed by atoms with Crippen LogP contribution in [0.3, 0.4) is 0 Å². The van der Waals surface area contributed by atoms with E-state index in [0.717, 1.165) is 38.5 Å². The molecule has 0 saturated heterocycles. The van der Waals surface area contributed by atoms with Gasteiger partial charge in [0.15, 0.2) is 0 Å². The van der Waals surface area contributed by atoms with E-state index in [1.54, 1.807) is 0 Å². The number of aliphatic hydroxyl groups excluding tert-OH is 4. The second-order valence-corrected chi connectivity index (χ2v) is 17.9. The molecule has 6 heteroatoms. The molecular formula is C52H101NO5. The lowest BCUT2D eigenvalue weighted by Gasteiger charge is -2.27. The van der Waals surface area contributed by atoms with Gasteiger partial charge in [-0.3, -0.25) is 4.79 Å². The Labute approximate surface area is 361 Å². The lowest BCUT2D eigenvalue weighted by Crippen LogP contribution is -2.53. The molecule has 0 bridgehead atoms. The molecule has 4 atom stereocenters. The minimum atomic E-state index is -1.28. The minimum Gasteiger partial charge on any atom is -0.394 e. The molecule has 0 heterocycles. The Balaban J connectivity index is 3.49. The maximum absolute atomic E-state index is 12.5. The quantitative estimate of drug-likeness (QED) is 0.0310. The standard InChI is InChI=1S/C52H101NO5/c1-3-5-7-9-11-13-14-15-16-17-18-19-20-21-22-23-24-25-26-27-28-29-30-31-32-33-34-35-36-37-38-40-42-44-46-50(56)52(58)53-48(47-54)51(57)49(55)45-43-41-39-12-10-8-6-4-2/h12,23-24,39,48-51,54-57H,3-11,13-22,25-38,40-47H2,1-2H3,(H,53,58)/b24-23-,39-12+. The van der Waals surface area contributed by atoms with Crippen molar-refractivity contribution in [3.05, 3.63) is 24.3 Å². The predicted molar refractivity (Wildman–Crippen MR) is 251 cm³/mol. The van der Waals surface area contributed by atoms with Crippen LogP contribution in [0.1, 0.15) is 271 Å². The van der Waals surface area contributed by atoms with Crippen LogP contribution < -0.4 is 5.32 Å². The average molecular weight is 820 g/mol. The molecule has 0 aliphatic carbocycles. The number of rotatable bonds is 47. The second-order valence-electron chi connectivity index (χ2n) is 17.9. The van der Waals surface area contributed by atoms with Gasteiger partial charge in [-0.15, -0.1) is 0 Å². The molecule has 4 unspecified atom stereocenters. The Bertz CT molecular complexity index is 878. The van der Waals surface area contributed by atoms with Gasteiger partial charge in [-0.25, -0.2) is 0 Å². The number of allylic oxidation sites excluding steroid dienone is 4. The highest BCUT2D eigenvalue weighted by atomic mass is 16.3. The molecule has 5 N–H and O–H groups in total. The summed E-state index contributed by atoms with van der Waals surface area (Å²) in [7, 11) is 0. The fraction of sp³-hybridized carbons (Fsp3) is 0.904. The van der Waals surface area contributed by atoms with E-state index in [2.05, 4.69) is 43.5 Å². The van der Waals surface area contributed by atoms with Crippen molar-refractivity contribution in [2.75, 3.05) is 6.61 Å². The molecule has 0 aromatic rings. The van der Waals surface area contributed by atoms with E-state index in [1.807, 2.05) is 0 Å². The number of hydrogen-bond acceptors (Lipinski definition) is 5. The van der Waals surface area contributed by atoms with Crippen molar-refractivity contribution >= 4 is 5.91 Å². The smallest absolute Gasteiger partial charge is 0.249 e. The number of amides is 1. The first-order chi connectivity index (χ1) is 28.5. The van der Waals surface area contributed by atoms with Gasteiger partial charge in [0.05, 0.1) is 18.8 Å². The zero-order valence-corrected chi connectivity index (χ0v) is 38.8. The van der Waals surface area contributed by atoms with Gasteiger partial charge in [-0.1, -0.05) is 231 Å². The van der Waals surface area contributed by atoms with E-state index in [-0.39, 0.29) is 0 Å². The van der Waals surface area contributed by atoms with Gasteiger partial charge in [0.1, 0.15) is 12.2 Å². The first-order valence-electron chi connectivity index (χ1n) is 25.7. The third kappa shape index (κ3) is 40.2. The van der Waals surface area contributed by atoms with Crippen molar-refractivity contribution in [1.82, 2.24) is 5.32 Å². The van der Waals surface area contributed by atoms with Gasteiger partial charge in [0, 0.05) is 0 Å². The third-order valence-corrected chi connectivity index (χ3v) is 12.1. The normalized spacial score (nSPS) is 14.1. The van der Waals surface area contributed by atoms with Gasteiger partial charge >= 0.3 is 0 Å². The largest absolute Gasteiger partial charge is 0.394 e. The summed E-state index contributed by atoms with van der Waals surface area (Å²) in [5.74, 6) is -0.594. The molecule has 0 aromatic carbocycles. The summed E-state index contributed by atoms with van der Waals surface area (Å²) in [5, 5.41) is 43.4. The summed E-state index contributed by atoms with van der Waals surface area (Å²) in [6.07, 6.45) is 55.7. The van der Waals surface area contributed by atoms with Gasteiger partial charge in [0.2, 0.25) is 5.91 Å². The van der Waals surface area contributed by atoms with Crippen LogP contribution in [0.25, 0.3) is 0 Å². The molecule has 1 amide bonds. The lowest BCUT2D eigenvalue weighted by atomic mass is 10.00. The molecule has 0 aromatic heterocycles. The van der Waals surface area contributed by atoms with Crippen LogP contribution in [0.2, 0.25) is 0 Å². The number of carbonyl (C=O) groups excluding carboxylic acids is 1. The maximum Gasteiger partial charge on any atom is 0.249 e. The highest BCUT2D eigenvalue weighted by molar-refractivity contribution is 5.80. The van der Waals surface area contributed by atoms with Crippen LogP contribution in [0.4, 0.5) is 0 Å². The number of aliphatic hydroxyl groups is 4. The summed E-state index contributed by atoms with van der Waals surface area (Å²) in [5.41, 5.74) is 0. The van der Waals surface area contributed by atoms with Gasteiger partial charge in [-0.05, 0) is 64.2 Å². The van der Waals surface area contributed by atoms with Crippen LogP contribution >= 0.6 is 0 Å². The van der Waals surface area contributed by atoms with Crippen LogP contribution in [0.5, 0.6) is 0 Å². The Morgan fingerprint density at radius 2 is 0.707 bits per heavy atom. The summed E-state index contributed by atoms with van der Waals surface area (Å²) < 4.78 is 0. The van der Waals surface area contributed by atoms with Crippen molar-refractivity contribution in [3.8, 4) is 0 Å². The minimum absolute atomic E-state index is 0.365. The zero-order chi connectivity index (χ0) is 42.4. The van der Waals surface area contributed by atoms with Crippen LogP contribution in [0.15, 0.2) is 24.3 Å². The monoisotopic (exact) mass is 820 g/mol. The fourth-order valence-corrected chi connectivity index (χ4v) is 8.05. The average Bonchev–Trinajstić information content (AvgIpc) is 3.23. The van der Waals surface area contributed by atoms with E-state index in [9.17, 15) is 25.2 Å². The van der Waals surface area contributed by atoms with Crippen LogP contribution in [-0.4, -0.2) is 57.3 Å². The Kier molecular flexibility index (Phi) is 45.9. The summed E-state index contributed by atoms with van der Waals surface area (Å²) in [6.45, 7) is 3.99. The summed E-state index contributed by atoms with van der Waals surface area (Å²) in [6, 6.07) is -0.997. The number of hydrogen-bond donors (Lipinski definition) is 5.